The van der Waals surface area contributed by atoms with E-state index in [1.54, 1.807) is 12.1 Å². The second kappa shape index (κ2) is 7.82. The molecule has 1 amide bonds. The van der Waals surface area contributed by atoms with Gasteiger partial charge >= 0.3 is 0 Å². The molecule has 1 heterocycles. The minimum Gasteiger partial charge on any atom is -0.351 e. The highest BCUT2D eigenvalue weighted by Crippen LogP contribution is 2.27. The van der Waals surface area contributed by atoms with E-state index in [2.05, 4.69) is 40.1 Å². The minimum atomic E-state index is -0.0355. The van der Waals surface area contributed by atoms with E-state index in [1.807, 2.05) is 6.07 Å². The second-order valence-electron chi connectivity index (χ2n) is 5.37. The molecule has 6 heteroatoms. The first kappa shape index (κ1) is 18.0. The van der Waals surface area contributed by atoms with Crippen LogP contribution in [0, 0.1) is 8.99 Å². The van der Waals surface area contributed by atoms with Gasteiger partial charge in [0.05, 0.1) is 5.56 Å². The standard InChI is InChI=1S/C14H18ClIN2O.ClH/c1-14(4-6-17-7-5-14)9-18-13(19)11-8-10(15)2-3-12(11)16;/h2-3,8,17H,4-7,9H2,1H3,(H,18,19);1H. The Kier molecular flexibility index (Phi) is 7.04. The van der Waals surface area contributed by atoms with Crippen molar-refractivity contribution in [3.63, 3.8) is 0 Å². The van der Waals surface area contributed by atoms with Crippen LogP contribution in [0.1, 0.15) is 30.1 Å². The molecule has 0 saturated carbocycles. The monoisotopic (exact) mass is 428 g/mol. The van der Waals surface area contributed by atoms with Gasteiger partial charge in [-0.1, -0.05) is 18.5 Å². The molecule has 1 fully saturated rings. The van der Waals surface area contributed by atoms with Crippen LogP contribution in [0.25, 0.3) is 0 Å². The highest BCUT2D eigenvalue weighted by Gasteiger charge is 2.27. The van der Waals surface area contributed by atoms with E-state index < -0.39 is 0 Å². The van der Waals surface area contributed by atoms with Crippen molar-refractivity contribution in [2.75, 3.05) is 19.6 Å². The molecule has 1 aromatic rings. The number of nitrogens with one attached hydrogen (secondary N) is 2. The topological polar surface area (TPSA) is 41.1 Å². The van der Waals surface area contributed by atoms with Crippen LogP contribution in [0.5, 0.6) is 0 Å². The summed E-state index contributed by atoms with van der Waals surface area (Å²) in [6, 6.07) is 5.39. The average molecular weight is 429 g/mol. The van der Waals surface area contributed by atoms with Crippen molar-refractivity contribution in [2.24, 2.45) is 5.41 Å². The molecule has 0 aliphatic carbocycles. The first-order valence-electron chi connectivity index (χ1n) is 6.44. The lowest BCUT2D eigenvalue weighted by atomic mass is 9.81. The molecule has 0 aromatic heterocycles. The molecule has 20 heavy (non-hydrogen) atoms. The highest BCUT2D eigenvalue weighted by atomic mass is 127. The van der Waals surface area contributed by atoms with Gasteiger partial charge in [0.2, 0.25) is 0 Å². The Morgan fingerprint density at radius 2 is 2.10 bits per heavy atom. The van der Waals surface area contributed by atoms with Crippen molar-refractivity contribution in [1.29, 1.82) is 0 Å². The molecule has 1 aliphatic heterocycles. The van der Waals surface area contributed by atoms with Gasteiger partial charge in [-0.15, -0.1) is 12.4 Å². The van der Waals surface area contributed by atoms with E-state index >= 15 is 0 Å². The Morgan fingerprint density at radius 1 is 1.45 bits per heavy atom. The maximum absolute atomic E-state index is 12.2. The Balaban J connectivity index is 0.00000200. The molecule has 0 atom stereocenters. The summed E-state index contributed by atoms with van der Waals surface area (Å²) < 4.78 is 0.926. The summed E-state index contributed by atoms with van der Waals surface area (Å²) >= 11 is 8.11. The zero-order valence-electron chi connectivity index (χ0n) is 11.3. The number of halogens is 3. The SMILES string of the molecule is CC1(CNC(=O)c2cc(Cl)ccc2I)CCNCC1.Cl. The molecule has 112 valence electrons. The second-order valence-corrected chi connectivity index (χ2v) is 6.97. The normalized spacial score (nSPS) is 17.1. The van der Waals surface area contributed by atoms with Crippen LogP contribution >= 0.6 is 46.6 Å². The van der Waals surface area contributed by atoms with Gasteiger partial charge in [0.15, 0.2) is 0 Å². The fourth-order valence-electron chi connectivity index (χ4n) is 2.27. The zero-order valence-corrected chi connectivity index (χ0v) is 15.1. The first-order valence-corrected chi connectivity index (χ1v) is 7.90. The van der Waals surface area contributed by atoms with Gasteiger partial charge in [-0.05, 0) is 72.1 Å². The molecule has 3 nitrogen and oxygen atoms in total. The molecule has 1 aliphatic rings. The third-order valence-corrected chi connectivity index (χ3v) is 4.84. The van der Waals surface area contributed by atoms with Crippen LogP contribution in [0.15, 0.2) is 18.2 Å². The van der Waals surface area contributed by atoms with Crippen molar-refractivity contribution in [3.05, 3.63) is 32.4 Å². The fourth-order valence-corrected chi connectivity index (χ4v) is 3.02. The van der Waals surface area contributed by atoms with Crippen LogP contribution in [-0.4, -0.2) is 25.5 Å². The maximum Gasteiger partial charge on any atom is 0.252 e. The summed E-state index contributed by atoms with van der Waals surface area (Å²) in [7, 11) is 0. The third kappa shape index (κ3) is 4.76. The van der Waals surface area contributed by atoms with Crippen molar-refractivity contribution < 1.29 is 4.79 Å². The molecule has 1 saturated heterocycles. The first-order chi connectivity index (χ1) is 9.00. The van der Waals surface area contributed by atoms with E-state index in [1.165, 1.54) is 0 Å². The Bertz CT molecular complexity index is 476. The smallest absolute Gasteiger partial charge is 0.252 e. The highest BCUT2D eigenvalue weighted by molar-refractivity contribution is 14.1. The lowest BCUT2D eigenvalue weighted by Crippen LogP contribution is -2.43. The Hall–Kier alpha value is -0.0400. The number of benzene rings is 1. The number of piperidine rings is 1. The van der Waals surface area contributed by atoms with E-state index in [4.69, 9.17) is 11.6 Å². The molecule has 2 N–H and O–H groups in total. The van der Waals surface area contributed by atoms with Crippen molar-refractivity contribution in [2.45, 2.75) is 19.8 Å². The summed E-state index contributed by atoms with van der Waals surface area (Å²) in [5, 5.41) is 6.99. The van der Waals surface area contributed by atoms with Crippen LogP contribution < -0.4 is 10.6 Å². The Labute approximate surface area is 144 Å². The number of amides is 1. The van der Waals surface area contributed by atoms with Crippen molar-refractivity contribution >= 4 is 52.5 Å². The number of carbonyl (C=O) groups excluding carboxylic acids is 1. The van der Waals surface area contributed by atoms with Gasteiger partial charge < -0.3 is 10.6 Å². The molecule has 0 radical (unpaired) electrons. The van der Waals surface area contributed by atoms with Gasteiger partial charge in [-0.2, -0.15) is 0 Å². The number of hydrogen-bond acceptors (Lipinski definition) is 2. The van der Waals surface area contributed by atoms with Crippen LogP contribution in [0.4, 0.5) is 0 Å². The predicted molar refractivity (Wildman–Crippen MR) is 94.0 cm³/mol. The van der Waals surface area contributed by atoms with Crippen LogP contribution in [-0.2, 0) is 0 Å². The van der Waals surface area contributed by atoms with Crippen LogP contribution in [0.3, 0.4) is 0 Å². The van der Waals surface area contributed by atoms with Gasteiger partial charge in [0, 0.05) is 15.1 Å². The predicted octanol–water partition coefficient (Wildman–Crippen LogP) is 3.49. The molecular weight excluding hydrogens is 410 g/mol. The summed E-state index contributed by atoms with van der Waals surface area (Å²) in [5.74, 6) is -0.0355. The van der Waals surface area contributed by atoms with Gasteiger partial charge in [-0.3, -0.25) is 4.79 Å². The van der Waals surface area contributed by atoms with Crippen molar-refractivity contribution in [1.82, 2.24) is 10.6 Å². The lowest BCUT2D eigenvalue weighted by Gasteiger charge is -2.34. The number of hydrogen-bond donors (Lipinski definition) is 2. The number of rotatable bonds is 3. The van der Waals surface area contributed by atoms with E-state index in [9.17, 15) is 4.79 Å². The largest absolute Gasteiger partial charge is 0.351 e. The summed E-state index contributed by atoms with van der Waals surface area (Å²) in [6.07, 6.45) is 2.19. The zero-order chi connectivity index (χ0) is 13.9. The summed E-state index contributed by atoms with van der Waals surface area (Å²) in [4.78, 5) is 12.2. The van der Waals surface area contributed by atoms with E-state index in [0.29, 0.717) is 10.6 Å². The molecular formula is C14H19Cl2IN2O. The van der Waals surface area contributed by atoms with Crippen molar-refractivity contribution in [3.8, 4) is 0 Å². The average Bonchev–Trinajstić information content (AvgIpc) is 2.40. The molecule has 0 bridgehead atoms. The van der Waals surface area contributed by atoms with E-state index in [-0.39, 0.29) is 23.7 Å². The summed E-state index contributed by atoms with van der Waals surface area (Å²) in [5.41, 5.74) is 0.857. The molecule has 0 unspecified atom stereocenters. The molecule has 0 spiro atoms. The van der Waals surface area contributed by atoms with Gasteiger partial charge in [0.25, 0.3) is 5.91 Å². The third-order valence-electron chi connectivity index (χ3n) is 3.66. The molecule has 1 aromatic carbocycles. The fraction of sp³-hybridized carbons (Fsp3) is 0.500. The molecule has 2 rings (SSSR count). The van der Waals surface area contributed by atoms with E-state index in [0.717, 1.165) is 36.0 Å². The van der Waals surface area contributed by atoms with Gasteiger partial charge in [-0.25, -0.2) is 0 Å². The van der Waals surface area contributed by atoms with Gasteiger partial charge in [0.1, 0.15) is 0 Å². The number of carbonyl (C=O) groups is 1. The summed E-state index contributed by atoms with van der Waals surface area (Å²) in [6.45, 7) is 5.01. The van der Waals surface area contributed by atoms with Crippen LogP contribution in [0.2, 0.25) is 5.02 Å². The quantitative estimate of drug-likeness (QED) is 0.723. The minimum absolute atomic E-state index is 0. The Morgan fingerprint density at radius 3 is 2.75 bits per heavy atom. The maximum atomic E-state index is 12.2. The lowest BCUT2D eigenvalue weighted by molar-refractivity contribution is 0.0921.